The lowest BCUT2D eigenvalue weighted by Gasteiger charge is -2.24. The van der Waals surface area contributed by atoms with Gasteiger partial charge in [0.15, 0.2) is 0 Å². The Bertz CT molecular complexity index is 1120. The standard InChI is InChI=1S/C21H18Cl2N2O3S/c1-15-19(23)8-5-9-20(15)24-21(26)14-25(17-6-3-2-4-7-17)29(27,28)18-12-10-16(22)11-13-18/h2-13H,14H2,1H3,(H,24,26). The number of sulfonamides is 1. The van der Waals surface area contributed by atoms with E-state index in [-0.39, 0.29) is 4.90 Å². The van der Waals surface area contributed by atoms with Crippen LogP contribution in [0.4, 0.5) is 11.4 Å². The number of benzene rings is 3. The maximum Gasteiger partial charge on any atom is 0.264 e. The largest absolute Gasteiger partial charge is 0.324 e. The molecule has 0 radical (unpaired) electrons. The topological polar surface area (TPSA) is 66.5 Å². The van der Waals surface area contributed by atoms with Crippen LogP contribution in [0.2, 0.25) is 10.0 Å². The summed E-state index contributed by atoms with van der Waals surface area (Å²) in [6.07, 6.45) is 0. The summed E-state index contributed by atoms with van der Waals surface area (Å²) in [4.78, 5) is 12.7. The van der Waals surface area contributed by atoms with Gasteiger partial charge in [0.05, 0.1) is 10.6 Å². The molecule has 0 fully saturated rings. The zero-order valence-corrected chi connectivity index (χ0v) is 17.8. The Balaban J connectivity index is 1.93. The van der Waals surface area contributed by atoms with Crippen LogP contribution in [-0.4, -0.2) is 20.9 Å². The molecule has 1 N–H and O–H groups in total. The Hall–Kier alpha value is -2.54. The van der Waals surface area contributed by atoms with Gasteiger partial charge < -0.3 is 5.32 Å². The van der Waals surface area contributed by atoms with E-state index in [1.54, 1.807) is 55.5 Å². The van der Waals surface area contributed by atoms with E-state index in [4.69, 9.17) is 23.2 Å². The second-order valence-electron chi connectivity index (χ2n) is 6.26. The molecule has 0 saturated heterocycles. The quantitative estimate of drug-likeness (QED) is 0.567. The van der Waals surface area contributed by atoms with Crippen molar-refractivity contribution in [2.24, 2.45) is 0 Å². The molecule has 3 aromatic carbocycles. The zero-order valence-electron chi connectivity index (χ0n) is 15.5. The van der Waals surface area contributed by atoms with E-state index in [1.165, 1.54) is 24.3 Å². The van der Waals surface area contributed by atoms with Crippen molar-refractivity contribution in [2.75, 3.05) is 16.2 Å². The van der Waals surface area contributed by atoms with Gasteiger partial charge in [0.25, 0.3) is 10.0 Å². The van der Waals surface area contributed by atoms with E-state index in [2.05, 4.69) is 5.32 Å². The highest BCUT2D eigenvalue weighted by molar-refractivity contribution is 7.92. The highest BCUT2D eigenvalue weighted by Crippen LogP contribution is 2.26. The number of amides is 1. The number of halogens is 2. The second-order valence-corrected chi connectivity index (χ2v) is 8.97. The lowest BCUT2D eigenvalue weighted by atomic mass is 10.2. The van der Waals surface area contributed by atoms with Gasteiger partial charge in [-0.3, -0.25) is 9.10 Å². The number of carbonyl (C=O) groups is 1. The minimum Gasteiger partial charge on any atom is -0.324 e. The summed E-state index contributed by atoms with van der Waals surface area (Å²) in [5.41, 5.74) is 1.61. The third-order valence-corrected chi connectivity index (χ3v) is 6.72. The van der Waals surface area contributed by atoms with Gasteiger partial charge in [-0.15, -0.1) is 0 Å². The molecule has 0 bridgehead atoms. The van der Waals surface area contributed by atoms with Crippen molar-refractivity contribution in [3.05, 3.63) is 88.4 Å². The van der Waals surface area contributed by atoms with Gasteiger partial charge in [0.1, 0.15) is 6.54 Å². The molecule has 1 amide bonds. The summed E-state index contributed by atoms with van der Waals surface area (Å²) < 4.78 is 27.5. The Kier molecular flexibility index (Phi) is 6.47. The molecule has 0 atom stereocenters. The van der Waals surface area contributed by atoms with Crippen molar-refractivity contribution in [3.63, 3.8) is 0 Å². The molecule has 150 valence electrons. The fourth-order valence-corrected chi connectivity index (χ4v) is 4.43. The number of hydrogen-bond donors (Lipinski definition) is 1. The molecule has 29 heavy (non-hydrogen) atoms. The minimum atomic E-state index is -3.99. The average Bonchev–Trinajstić information content (AvgIpc) is 2.70. The predicted molar refractivity (Wildman–Crippen MR) is 117 cm³/mol. The Morgan fingerprint density at radius 1 is 0.931 bits per heavy atom. The van der Waals surface area contributed by atoms with E-state index in [0.29, 0.717) is 27.0 Å². The molecule has 0 aromatic heterocycles. The number of carbonyl (C=O) groups excluding carboxylic acids is 1. The van der Waals surface area contributed by atoms with E-state index in [1.807, 2.05) is 0 Å². The fraction of sp³-hybridized carbons (Fsp3) is 0.0952. The molecule has 5 nitrogen and oxygen atoms in total. The van der Waals surface area contributed by atoms with Gasteiger partial charge in [-0.25, -0.2) is 8.42 Å². The fourth-order valence-electron chi connectivity index (χ4n) is 2.71. The Morgan fingerprint density at radius 3 is 2.24 bits per heavy atom. The maximum atomic E-state index is 13.2. The highest BCUT2D eigenvalue weighted by Gasteiger charge is 2.27. The van der Waals surface area contributed by atoms with Gasteiger partial charge >= 0.3 is 0 Å². The van der Waals surface area contributed by atoms with Gasteiger partial charge in [-0.1, -0.05) is 47.5 Å². The molecule has 0 unspecified atom stereocenters. The first-order valence-corrected chi connectivity index (χ1v) is 10.9. The van der Waals surface area contributed by atoms with Crippen LogP contribution in [0, 0.1) is 6.92 Å². The molecular formula is C21H18Cl2N2O3S. The van der Waals surface area contributed by atoms with Crippen LogP contribution in [-0.2, 0) is 14.8 Å². The first kappa shape index (κ1) is 21.2. The summed E-state index contributed by atoms with van der Waals surface area (Å²) in [7, 11) is -3.99. The third-order valence-electron chi connectivity index (χ3n) is 4.27. The lowest BCUT2D eigenvalue weighted by Crippen LogP contribution is -2.38. The summed E-state index contributed by atoms with van der Waals surface area (Å²) in [6.45, 7) is 1.37. The Labute approximate surface area is 179 Å². The summed E-state index contributed by atoms with van der Waals surface area (Å²) in [5.74, 6) is -0.489. The van der Waals surface area contributed by atoms with Crippen LogP contribution < -0.4 is 9.62 Å². The smallest absolute Gasteiger partial charge is 0.264 e. The highest BCUT2D eigenvalue weighted by atomic mass is 35.5. The van der Waals surface area contributed by atoms with Gasteiger partial charge in [0, 0.05) is 15.7 Å². The first-order valence-electron chi connectivity index (χ1n) is 8.67. The number of anilines is 2. The monoisotopic (exact) mass is 448 g/mol. The van der Waals surface area contributed by atoms with Crippen molar-refractivity contribution < 1.29 is 13.2 Å². The SMILES string of the molecule is Cc1c(Cl)cccc1NC(=O)CN(c1ccccc1)S(=O)(=O)c1ccc(Cl)cc1. The number of nitrogens with zero attached hydrogens (tertiary/aromatic N) is 1. The van der Waals surface area contributed by atoms with Crippen LogP contribution >= 0.6 is 23.2 Å². The number of para-hydroxylation sites is 1. The zero-order chi connectivity index (χ0) is 21.0. The minimum absolute atomic E-state index is 0.0393. The van der Waals surface area contributed by atoms with Gasteiger partial charge in [0.2, 0.25) is 5.91 Å². The van der Waals surface area contributed by atoms with E-state index in [9.17, 15) is 13.2 Å². The van der Waals surface area contributed by atoms with Crippen molar-refractivity contribution in [3.8, 4) is 0 Å². The molecule has 0 aliphatic carbocycles. The summed E-state index contributed by atoms with van der Waals surface area (Å²) in [5, 5.41) is 3.66. The van der Waals surface area contributed by atoms with Crippen LogP contribution in [0.25, 0.3) is 0 Å². The number of hydrogen-bond acceptors (Lipinski definition) is 3. The van der Waals surface area contributed by atoms with Crippen LogP contribution in [0.3, 0.4) is 0 Å². The van der Waals surface area contributed by atoms with Gasteiger partial charge in [-0.2, -0.15) is 0 Å². The van der Waals surface area contributed by atoms with Crippen molar-refractivity contribution in [1.82, 2.24) is 0 Å². The van der Waals surface area contributed by atoms with Crippen molar-refractivity contribution >= 4 is 50.5 Å². The molecule has 0 aliphatic heterocycles. The van der Waals surface area contributed by atoms with E-state index in [0.717, 1.165) is 4.31 Å². The third kappa shape index (κ3) is 4.90. The van der Waals surface area contributed by atoms with E-state index < -0.39 is 22.5 Å². The molecule has 8 heteroatoms. The molecule has 0 saturated carbocycles. The first-order chi connectivity index (χ1) is 13.8. The molecule has 3 aromatic rings. The van der Waals surface area contributed by atoms with E-state index >= 15 is 0 Å². The molecule has 0 aliphatic rings. The van der Waals surface area contributed by atoms with Crippen LogP contribution in [0.15, 0.2) is 77.7 Å². The number of nitrogens with one attached hydrogen (secondary N) is 1. The molecule has 0 spiro atoms. The summed E-state index contributed by atoms with van der Waals surface area (Å²) >= 11 is 12.0. The normalized spacial score (nSPS) is 11.1. The van der Waals surface area contributed by atoms with Gasteiger partial charge in [-0.05, 0) is 61.0 Å². The Morgan fingerprint density at radius 2 is 1.59 bits per heavy atom. The lowest BCUT2D eigenvalue weighted by molar-refractivity contribution is -0.114. The van der Waals surface area contributed by atoms with Crippen LogP contribution in [0.5, 0.6) is 0 Å². The predicted octanol–water partition coefficient (Wildman–Crippen LogP) is 5.14. The van der Waals surface area contributed by atoms with Crippen molar-refractivity contribution in [2.45, 2.75) is 11.8 Å². The van der Waals surface area contributed by atoms with Crippen molar-refractivity contribution in [1.29, 1.82) is 0 Å². The molecular weight excluding hydrogens is 431 g/mol. The summed E-state index contributed by atoms with van der Waals surface area (Å²) in [6, 6.07) is 19.4. The maximum absolute atomic E-state index is 13.2. The number of rotatable bonds is 6. The molecule has 0 heterocycles. The van der Waals surface area contributed by atoms with Crippen LogP contribution in [0.1, 0.15) is 5.56 Å². The molecule has 3 rings (SSSR count). The average molecular weight is 449 g/mol. The second kappa shape index (κ2) is 8.86.